The molecule has 3 nitrogen and oxygen atoms in total. The molecular weight excluding hydrogens is 424 g/mol. The predicted molar refractivity (Wildman–Crippen MR) is 136 cm³/mol. The van der Waals surface area contributed by atoms with Crippen LogP contribution in [0.5, 0.6) is 0 Å². The lowest BCUT2D eigenvalue weighted by Gasteiger charge is -2.39. The van der Waals surface area contributed by atoms with Gasteiger partial charge in [0.15, 0.2) is 0 Å². The molecule has 2 rings (SSSR count). The number of benzene rings is 1. The number of thioether (sulfide) groups is 2. The molecule has 0 aromatic heterocycles. The van der Waals surface area contributed by atoms with Gasteiger partial charge < -0.3 is 9.84 Å². The van der Waals surface area contributed by atoms with E-state index in [4.69, 9.17) is 4.74 Å². The Morgan fingerprint density at radius 1 is 1.03 bits per heavy atom. The molecule has 1 aromatic carbocycles. The van der Waals surface area contributed by atoms with Crippen LogP contribution in [0.15, 0.2) is 30.3 Å². The summed E-state index contributed by atoms with van der Waals surface area (Å²) >= 11 is 4.02. The van der Waals surface area contributed by atoms with Gasteiger partial charge in [-0.3, -0.25) is 4.79 Å². The summed E-state index contributed by atoms with van der Waals surface area (Å²) in [6.07, 6.45) is 11.2. The Morgan fingerprint density at radius 3 is 2.39 bits per heavy atom. The van der Waals surface area contributed by atoms with E-state index in [2.05, 4.69) is 13.8 Å². The van der Waals surface area contributed by atoms with Crippen molar-refractivity contribution in [3.63, 3.8) is 0 Å². The first-order valence-electron chi connectivity index (χ1n) is 12.3. The van der Waals surface area contributed by atoms with Crippen LogP contribution in [0.3, 0.4) is 0 Å². The molecule has 1 N–H and O–H groups in total. The largest absolute Gasteiger partial charge is 0.461 e. The molecule has 0 spiro atoms. The van der Waals surface area contributed by atoms with Crippen molar-refractivity contribution < 1.29 is 14.6 Å². The number of esters is 1. The first-order valence-corrected chi connectivity index (χ1v) is 14.2. The highest BCUT2D eigenvalue weighted by atomic mass is 32.2. The third-order valence-corrected chi connectivity index (χ3v) is 9.55. The smallest absolute Gasteiger partial charge is 0.311 e. The number of aliphatic hydroxyl groups excluding tert-OH is 1. The highest BCUT2D eigenvalue weighted by molar-refractivity contribution is 8.18. The highest BCUT2D eigenvalue weighted by Crippen LogP contribution is 2.49. The van der Waals surface area contributed by atoms with Crippen LogP contribution < -0.4 is 0 Å². The van der Waals surface area contributed by atoms with Crippen LogP contribution in [-0.2, 0) is 16.1 Å². The van der Waals surface area contributed by atoms with Crippen molar-refractivity contribution in [2.75, 3.05) is 11.5 Å². The van der Waals surface area contributed by atoms with Crippen LogP contribution in [0, 0.1) is 5.92 Å². The van der Waals surface area contributed by atoms with E-state index in [9.17, 15) is 9.90 Å². The molecule has 0 unspecified atom stereocenters. The summed E-state index contributed by atoms with van der Waals surface area (Å²) in [5, 5.41) is 11.3. The molecule has 1 saturated heterocycles. The number of ether oxygens (including phenoxy) is 1. The molecule has 0 amide bonds. The van der Waals surface area contributed by atoms with Crippen LogP contribution >= 0.6 is 23.5 Å². The second-order valence-electron chi connectivity index (χ2n) is 8.74. The topological polar surface area (TPSA) is 46.5 Å². The monoisotopic (exact) mass is 466 g/mol. The Balaban J connectivity index is 2.01. The fourth-order valence-corrected chi connectivity index (χ4v) is 7.67. The summed E-state index contributed by atoms with van der Waals surface area (Å²) in [6.45, 7) is 4.71. The molecule has 1 aliphatic rings. The van der Waals surface area contributed by atoms with E-state index in [1.165, 1.54) is 38.5 Å². The molecule has 1 aromatic rings. The van der Waals surface area contributed by atoms with Crippen molar-refractivity contribution in [1.29, 1.82) is 0 Å². The van der Waals surface area contributed by atoms with Crippen LogP contribution in [0.2, 0.25) is 0 Å². The minimum atomic E-state index is -0.635. The third-order valence-electron chi connectivity index (χ3n) is 6.06. The van der Waals surface area contributed by atoms with Gasteiger partial charge in [-0.15, -0.1) is 23.5 Å². The predicted octanol–water partition coefficient (Wildman–Crippen LogP) is 7.21. The summed E-state index contributed by atoms with van der Waals surface area (Å²) in [7, 11) is 0. The normalized spacial score (nSPS) is 17.8. The van der Waals surface area contributed by atoms with E-state index >= 15 is 0 Å². The highest BCUT2D eigenvalue weighted by Gasteiger charge is 2.39. The number of rotatable bonds is 15. The number of hydrogen-bond donors (Lipinski definition) is 1. The van der Waals surface area contributed by atoms with Gasteiger partial charge in [-0.05, 0) is 42.8 Å². The molecule has 0 radical (unpaired) electrons. The lowest BCUT2D eigenvalue weighted by atomic mass is 9.91. The third kappa shape index (κ3) is 9.79. The first kappa shape index (κ1) is 26.6. The zero-order chi connectivity index (χ0) is 22.4. The van der Waals surface area contributed by atoms with Crippen LogP contribution in [0.25, 0.3) is 0 Å². The molecule has 1 heterocycles. The molecule has 1 aliphatic heterocycles. The van der Waals surface area contributed by atoms with Gasteiger partial charge in [0.2, 0.25) is 0 Å². The van der Waals surface area contributed by atoms with Crippen molar-refractivity contribution in [3.05, 3.63) is 35.9 Å². The summed E-state index contributed by atoms with van der Waals surface area (Å²) in [5.41, 5.74) is 0.990. The van der Waals surface area contributed by atoms with Gasteiger partial charge in [0.1, 0.15) is 6.61 Å². The van der Waals surface area contributed by atoms with Gasteiger partial charge in [-0.1, -0.05) is 89.1 Å². The minimum Gasteiger partial charge on any atom is -0.461 e. The lowest BCUT2D eigenvalue weighted by Crippen LogP contribution is -2.37. The van der Waals surface area contributed by atoms with Crippen molar-refractivity contribution >= 4 is 29.5 Å². The average molecular weight is 467 g/mol. The fourth-order valence-electron chi connectivity index (χ4n) is 4.18. The summed E-state index contributed by atoms with van der Waals surface area (Å²) in [5.74, 6) is 1.66. The van der Waals surface area contributed by atoms with Gasteiger partial charge in [-0.2, -0.15) is 0 Å². The number of hydrogen-bond acceptors (Lipinski definition) is 5. The molecular formula is C26H42O3S2. The van der Waals surface area contributed by atoms with E-state index in [1.807, 2.05) is 53.9 Å². The second-order valence-corrected chi connectivity index (χ2v) is 12.0. The maximum atomic E-state index is 13.0. The quantitative estimate of drug-likeness (QED) is 0.218. The first-order chi connectivity index (χ1) is 15.1. The van der Waals surface area contributed by atoms with Gasteiger partial charge in [0.05, 0.1) is 16.1 Å². The summed E-state index contributed by atoms with van der Waals surface area (Å²) in [4.78, 5) is 13.0. The van der Waals surface area contributed by atoms with Gasteiger partial charge in [0.25, 0.3) is 0 Å². The molecule has 5 heteroatoms. The zero-order valence-electron chi connectivity index (χ0n) is 19.5. The fraction of sp³-hybridized carbons (Fsp3) is 0.731. The van der Waals surface area contributed by atoms with Crippen LogP contribution in [0.4, 0.5) is 0 Å². The molecule has 176 valence electrons. The summed E-state index contributed by atoms with van der Waals surface area (Å²) < 4.78 is 5.73. The SMILES string of the molecule is CCCCCC[C@@H](C(=O)OCc1ccccc1)[C@@H](O)CC1(CCCCC)SCCCS1. The van der Waals surface area contributed by atoms with E-state index in [-0.39, 0.29) is 16.7 Å². The van der Waals surface area contributed by atoms with Crippen molar-refractivity contribution in [2.24, 2.45) is 5.92 Å². The van der Waals surface area contributed by atoms with Gasteiger partial charge in [0, 0.05) is 0 Å². The maximum absolute atomic E-state index is 13.0. The molecule has 0 aliphatic carbocycles. The summed E-state index contributed by atoms with van der Waals surface area (Å²) in [6, 6.07) is 9.81. The average Bonchev–Trinajstić information content (AvgIpc) is 2.79. The molecule has 0 bridgehead atoms. The van der Waals surface area contributed by atoms with Crippen molar-refractivity contribution in [3.8, 4) is 0 Å². The standard InChI is InChI=1S/C26H42O3S2/c1-3-5-7-11-16-23(25(28)29-21-22-14-9-8-10-15-22)24(27)20-26(17-12-6-4-2)30-18-13-19-31-26/h8-10,14-15,23-24,27H,3-7,11-13,16-21H2,1-2H3/t23-,24+/m1/s1. The Bertz CT molecular complexity index is 602. The molecule has 1 fully saturated rings. The van der Waals surface area contributed by atoms with E-state index < -0.39 is 12.0 Å². The lowest BCUT2D eigenvalue weighted by molar-refractivity contribution is -0.154. The van der Waals surface area contributed by atoms with Crippen LogP contribution in [0.1, 0.15) is 90.0 Å². The van der Waals surface area contributed by atoms with Gasteiger partial charge in [-0.25, -0.2) is 0 Å². The Kier molecular flexibility index (Phi) is 13.1. The molecule has 2 atom stereocenters. The number of carbonyl (C=O) groups is 1. The van der Waals surface area contributed by atoms with E-state index in [0.29, 0.717) is 6.42 Å². The Morgan fingerprint density at radius 2 is 1.71 bits per heavy atom. The molecule has 0 saturated carbocycles. The van der Waals surface area contributed by atoms with E-state index in [1.54, 1.807) is 0 Å². The Hall–Kier alpha value is -0.650. The number of unbranched alkanes of at least 4 members (excludes halogenated alkanes) is 5. The number of carbonyl (C=O) groups excluding carboxylic acids is 1. The van der Waals surface area contributed by atoms with Crippen molar-refractivity contribution in [2.45, 2.75) is 101 Å². The maximum Gasteiger partial charge on any atom is 0.311 e. The zero-order valence-corrected chi connectivity index (χ0v) is 21.2. The van der Waals surface area contributed by atoms with E-state index in [0.717, 1.165) is 42.8 Å². The van der Waals surface area contributed by atoms with Crippen LogP contribution in [-0.4, -0.2) is 32.8 Å². The molecule has 31 heavy (non-hydrogen) atoms. The van der Waals surface area contributed by atoms with Crippen molar-refractivity contribution in [1.82, 2.24) is 0 Å². The Labute approximate surface area is 198 Å². The van der Waals surface area contributed by atoms with Gasteiger partial charge >= 0.3 is 5.97 Å². The number of aliphatic hydroxyl groups is 1. The second kappa shape index (κ2) is 15.2. The minimum absolute atomic E-state index is 0.0498.